The van der Waals surface area contributed by atoms with Gasteiger partial charge in [0.25, 0.3) is 10.0 Å². The van der Waals surface area contributed by atoms with Crippen LogP contribution in [0.4, 0.5) is 11.4 Å². The summed E-state index contributed by atoms with van der Waals surface area (Å²) in [6.07, 6.45) is 0. The molecule has 0 aliphatic rings. The van der Waals surface area contributed by atoms with Crippen LogP contribution in [-0.4, -0.2) is 14.3 Å². The van der Waals surface area contributed by atoms with Gasteiger partial charge in [-0.3, -0.25) is 9.52 Å². The number of halogens is 2. The number of carbonyl (C=O) groups excluding carboxylic acids is 1. The number of benzene rings is 2. The van der Waals surface area contributed by atoms with E-state index in [2.05, 4.69) is 10.0 Å². The minimum absolute atomic E-state index is 0.0421. The van der Waals surface area contributed by atoms with Crippen LogP contribution in [0.1, 0.15) is 6.92 Å². The molecule has 27 heavy (non-hydrogen) atoms. The molecule has 1 amide bonds. The maximum Gasteiger partial charge on any atom is 0.360 e. The molecular formula is C17H12Cl2N2O5S. The van der Waals surface area contributed by atoms with Gasteiger partial charge < -0.3 is 9.73 Å². The van der Waals surface area contributed by atoms with E-state index < -0.39 is 21.6 Å². The quantitative estimate of drug-likeness (QED) is 0.616. The minimum Gasteiger partial charge on any atom is -0.421 e. The summed E-state index contributed by atoms with van der Waals surface area (Å²) in [5, 5.41) is 3.13. The first kappa shape index (κ1) is 19.2. The van der Waals surface area contributed by atoms with Crippen molar-refractivity contribution in [3.05, 3.63) is 62.9 Å². The Morgan fingerprint density at radius 3 is 2.44 bits per heavy atom. The Morgan fingerprint density at radius 1 is 1.04 bits per heavy atom. The van der Waals surface area contributed by atoms with Gasteiger partial charge in [0.1, 0.15) is 11.3 Å². The Kier molecular flexibility index (Phi) is 5.14. The number of rotatable bonds is 4. The number of anilines is 2. The smallest absolute Gasteiger partial charge is 0.360 e. The number of hydrogen-bond acceptors (Lipinski definition) is 5. The number of amides is 1. The fourth-order valence-corrected chi connectivity index (χ4v) is 3.76. The van der Waals surface area contributed by atoms with Crippen molar-refractivity contribution >= 4 is 61.5 Å². The summed E-state index contributed by atoms with van der Waals surface area (Å²) in [7, 11) is -3.91. The lowest BCUT2D eigenvalue weighted by Crippen LogP contribution is -2.15. The summed E-state index contributed by atoms with van der Waals surface area (Å²) < 4.78 is 32.6. The van der Waals surface area contributed by atoms with Crippen LogP contribution in [0.25, 0.3) is 11.0 Å². The van der Waals surface area contributed by atoms with E-state index in [0.29, 0.717) is 5.39 Å². The first-order chi connectivity index (χ1) is 12.7. The van der Waals surface area contributed by atoms with Crippen LogP contribution in [0, 0.1) is 0 Å². The fourth-order valence-electron chi connectivity index (χ4n) is 2.32. The van der Waals surface area contributed by atoms with Crippen molar-refractivity contribution in [1.82, 2.24) is 0 Å². The molecule has 2 N–H and O–H groups in total. The van der Waals surface area contributed by atoms with Crippen molar-refractivity contribution in [2.75, 3.05) is 10.0 Å². The Labute approximate surface area is 163 Å². The molecule has 140 valence electrons. The molecule has 1 heterocycles. The van der Waals surface area contributed by atoms with E-state index in [4.69, 9.17) is 27.6 Å². The number of sulfonamides is 1. The highest BCUT2D eigenvalue weighted by atomic mass is 35.5. The molecule has 0 unspecified atom stereocenters. The second-order valence-electron chi connectivity index (χ2n) is 5.56. The molecule has 0 fully saturated rings. The average molecular weight is 427 g/mol. The van der Waals surface area contributed by atoms with E-state index in [1.54, 1.807) is 0 Å². The van der Waals surface area contributed by atoms with E-state index in [9.17, 15) is 18.0 Å². The molecule has 0 bridgehead atoms. The van der Waals surface area contributed by atoms with Crippen LogP contribution in [0.3, 0.4) is 0 Å². The van der Waals surface area contributed by atoms with Crippen molar-refractivity contribution in [3.63, 3.8) is 0 Å². The highest BCUT2D eigenvalue weighted by molar-refractivity contribution is 7.92. The lowest BCUT2D eigenvalue weighted by atomic mass is 10.2. The second kappa shape index (κ2) is 7.22. The van der Waals surface area contributed by atoms with Crippen LogP contribution in [0.2, 0.25) is 10.0 Å². The van der Waals surface area contributed by atoms with E-state index in [0.717, 1.165) is 0 Å². The lowest BCUT2D eigenvalue weighted by Gasteiger charge is -2.10. The van der Waals surface area contributed by atoms with Gasteiger partial charge in [0, 0.05) is 18.0 Å². The Bertz CT molecular complexity index is 1220. The molecule has 0 spiro atoms. The van der Waals surface area contributed by atoms with Gasteiger partial charge in [-0.05, 0) is 42.5 Å². The van der Waals surface area contributed by atoms with Crippen molar-refractivity contribution < 1.29 is 17.6 Å². The molecule has 3 rings (SSSR count). The van der Waals surface area contributed by atoms with E-state index in [1.807, 2.05) is 0 Å². The molecule has 0 saturated heterocycles. The second-order valence-corrected chi connectivity index (χ2v) is 8.06. The minimum atomic E-state index is -3.91. The molecule has 10 heteroatoms. The van der Waals surface area contributed by atoms with Crippen molar-refractivity contribution in [3.8, 4) is 0 Å². The van der Waals surface area contributed by atoms with Crippen molar-refractivity contribution in [2.45, 2.75) is 11.8 Å². The Balaban J connectivity index is 1.99. The molecule has 1 aromatic heterocycles. The third-order valence-corrected chi connectivity index (χ3v) is 5.61. The van der Waals surface area contributed by atoms with Gasteiger partial charge in [-0.2, -0.15) is 0 Å². The van der Waals surface area contributed by atoms with Gasteiger partial charge in [0.05, 0.1) is 14.9 Å². The average Bonchev–Trinajstić information content (AvgIpc) is 2.57. The summed E-state index contributed by atoms with van der Waals surface area (Å²) in [4.78, 5) is 22.9. The first-order valence-corrected chi connectivity index (χ1v) is 9.73. The molecule has 0 atom stereocenters. The van der Waals surface area contributed by atoms with Gasteiger partial charge in [-0.1, -0.05) is 23.2 Å². The molecule has 0 aliphatic carbocycles. The van der Waals surface area contributed by atoms with Crippen molar-refractivity contribution in [2.24, 2.45) is 0 Å². The standard InChI is InChI=1S/C17H12Cl2N2O5S/c1-9(22)20-15-7-10-6-11(2-5-16(10)26-17(15)23)21-27(24,25)12-3-4-13(18)14(19)8-12/h2-8,21H,1H3,(H,20,22). The van der Waals surface area contributed by atoms with Crippen LogP contribution in [-0.2, 0) is 14.8 Å². The van der Waals surface area contributed by atoms with Gasteiger partial charge in [-0.15, -0.1) is 0 Å². The van der Waals surface area contributed by atoms with Crippen LogP contribution in [0.5, 0.6) is 0 Å². The summed E-state index contributed by atoms with van der Waals surface area (Å²) in [6.45, 7) is 1.26. The molecule has 0 saturated carbocycles. The molecule has 0 aliphatic heterocycles. The molecule has 3 aromatic rings. The van der Waals surface area contributed by atoms with Crippen molar-refractivity contribution in [1.29, 1.82) is 0 Å². The summed E-state index contributed by atoms with van der Waals surface area (Å²) in [5.74, 6) is -0.432. The number of fused-ring (bicyclic) bond motifs is 1. The zero-order valence-electron chi connectivity index (χ0n) is 13.7. The molecular weight excluding hydrogens is 415 g/mol. The highest BCUT2D eigenvalue weighted by Crippen LogP contribution is 2.27. The highest BCUT2D eigenvalue weighted by Gasteiger charge is 2.16. The SMILES string of the molecule is CC(=O)Nc1cc2cc(NS(=O)(=O)c3ccc(Cl)c(Cl)c3)ccc2oc1=O. The zero-order chi connectivity index (χ0) is 19.8. The van der Waals surface area contributed by atoms with Gasteiger partial charge >= 0.3 is 5.63 Å². The Hall–Kier alpha value is -2.55. The fraction of sp³-hybridized carbons (Fsp3) is 0.0588. The zero-order valence-corrected chi connectivity index (χ0v) is 16.1. The van der Waals surface area contributed by atoms with E-state index >= 15 is 0 Å². The van der Waals surface area contributed by atoms with Crippen LogP contribution >= 0.6 is 23.2 Å². The predicted octanol–water partition coefficient (Wildman–Crippen LogP) is 3.86. The van der Waals surface area contributed by atoms with Gasteiger partial charge in [0.2, 0.25) is 5.91 Å². The lowest BCUT2D eigenvalue weighted by molar-refractivity contribution is -0.114. The first-order valence-electron chi connectivity index (χ1n) is 7.49. The number of hydrogen-bond donors (Lipinski definition) is 2. The monoisotopic (exact) mass is 426 g/mol. The van der Waals surface area contributed by atoms with E-state index in [-0.39, 0.29) is 31.9 Å². The van der Waals surface area contributed by atoms with Crippen LogP contribution in [0.15, 0.2) is 56.6 Å². The summed E-state index contributed by atoms with van der Waals surface area (Å²) in [5.41, 5.74) is -0.274. The maximum absolute atomic E-state index is 12.5. The third kappa shape index (κ3) is 4.24. The third-order valence-electron chi connectivity index (χ3n) is 3.50. The van der Waals surface area contributed by atoms with Gasteiger partial charge in [0.15, 0.2) is 0 Å². The summed E-state index contributed by atoms with van der Waals surface area (Å²) >= 11 is 11.7. The number of nitrogens with one attached hydrogen (secondary N) is 2. The Morgan fingerprint density at radius 2 is 1.78 bits per heavy atom. The number of carbonyl (C=O) groups is 1. The van der Waals surface area contributed by atoms with Gasteiger partial charge in [-0.25, -0.2) is 13.2 Å². The molecule has 2 aromatic carbocycles. The molecule has 0 radical (unpaired) electrons. The largest absolute Gasteiger partial charge is 0.421 e. The predicted molar refractivity (Wildman–Crippen MR) is 104 cm³/mol. The normalized spacial score (nSPS) is 11.4. The van der Waals surface area contributed by atoms with Crippen LogP contribution < -0.4 is 15.7 Å². The topological polar surface area (TPSA) is 105 Å². The molecule has 7 nitrogen and oxygen atoms in total. The summed E-state index contributed by atoms with van der Waals surface area (Å²) in [6, 6.07) is 9.71. The van der Waals surface area contributed by atoms with E-state index in [1.165, 1.54) is 49.4 Å². The maximum atomic E-state index is 12.5.